The number of carbonyl (C=O) groups excluding carboxylic acids is 2. The van der Waals surface area contributed by atoms with Crippen LogP contribution in [0.15, 0.2) is 42.5 Å². The highest BCUT2D eigenvalue weighted by atomic mass is 16.6. The first-order chi connectivity index (χ1) is 15.2. The molecule has 2 amide bonds. The maximum Gasteiger partial charge on any atom is 0.407 e. The predicted molar refractivity (Wildman–Crippen MR) is 122 cm³/mol. The summed E-state index contributed by atoms with van der Waals surface area (Å²) in [5.41, 5.74) is 2.43. The second kappa shape index (κ2) is 9.94. The molecule has 0 fully saturated rings. The van der Waals surface area contributed by atoms with Crippen LogP contribution in [0.2, 0.25) is 0 Å². The largest absolute Gasteiger partial charge is 0.493 e. The summed E-state index contributed by atoms with van der Waals surface area (Å²) < 4.78 is 16.2. The molecule has 7 nitrogen and oxygen atoms in total. The average Bonchev–Trinajstić information content (AvgIpc) is 2.77. The van der Waals surface area contributed by atoms with E-state index in [0.717, 1.165) is 23.1 Å². The molecule has 1 atom stereocenters. The smallest absolute Gasteiger partial charge is 0.407 e. The minimum Gasteiger partial charge on any atom is -0.493 e. The van der Waals surface area contributed by atoms with Gasteiger partial charge in [-0.15, -0.1) is 0 Å². The third-order valence-corrected chi connectivity index (χ3v) is 5.38. The maximum atomic E-state index is 13.6. The van der Waals surface area contributed by atoms with Crippen LogP contribution < -0.4 is 14.8 Å². The first-order valence-corrected chi connectivity index (χ1v) is 10.8. The lowest BCUT2D eigenvalue weighted by Crippen LogP contribution is -2.43. The van der Waals surface area contributed by atoms with E-state index >= 15 is 0 Å². The zero-order valence-electron chi connectivity index (χ0n) is 19.4. The molecule has 1 aliphatic heterocycles. The lowest BCUT2D eigenvalue weighted by Gasteiger charge is -2.32. The van der Waals surface area contributed by atoms with Crippen LogP contribution in [0, 0.1) is 0 Å². The summed E-state index contributed by atoms with van der Waals surface area (Å²) in [4.78, 5) is 27.6. The summed E-state index contributed by atoms with van der Waals surface area (Å²) in [5.74, 6) is 0.791. The summed E-state index contributed by atoms with van der Waals surface area (Å²) in [6.45, 7) is 6.65. The molecule has 1 aliphatic rings. The average molecular weight is 441 g/mol. The van der Waals surface area contributed by atoms with Crippen molar-refractivity contribution < 1.29 is 23.8 Å². The van der Waals surface area contributed by atoms with E-state index in [2.05, 4.69) is 5.32 Å². The number of hydrogen-bond acceptors (Lipinski definition) is 5. The number of hydrogen-bond donors (Lipinski definition) is 1. The number of nitrogens with one attached hydrogen (secondary N) is 1. The molecule has 172 valence electrons. The van der Waals surface area contributed by atoms with Gasteiger partial charge in [0.05, 0.1) is 20.1 Å². The molecular weight excluding hydrogens is 408 g/mol. The molecule has 0 radical (unpaired) electrons. The zero-order chi connectivity index (χ0) is 23.3. The Morgan fingerprint density at radius 3 is 2.25 bits per heavy atom. The molecule has 0 aromatic heterocycles. The summed E-state index contributed by atoms with van der Waals surface area (Å²) >= 11 is 0. The monoisotopic (exact) mass is 440 g/mol. The van der Waals surface area contributed by atoms with E-state index in [1.807, 2.05) is 47.4 Å². The number of fused-ring (bicyclic) bond motifs is 1. The summed E-state index contributed by atoms with van der Waals surface area (Å²) in [6.07, 6.45) is 0.189. The number of rotatable bonds is 6. The fourth-order valence-electron chi connectivity index (χ4n) is 3.82. The quantitative estimate of drug-likeness (QED) is 0.737. The Morgan fingerprint density at radius 1 is 1.03 bits per heavy atom. The Balaban J connectivity index is 1.79. The van der Waals surface area contributed by atoms with Crippen molar-refractivity contribution >= 4 is 12.0 Å². The molecule has 0 bridgehead atoms. The van der Waals surface area contributed by atoms with Gasteiger partial charge in [-0.2, -0.15) is 0 Å². The predicted octanol–water partition coefficient (Wildman–Crippen LogP) is 3.90. The topological polar surface area (TPSA) is 77.1 Å². The van der Waals surface area contributed by atoms with Gasteiger partial charge in [0.15, 0.2) is 11.5 Å². The Kier molecular flexibility index (Phi) is 7.28. The molecule has 2 aromatic rings. The van der Waals surface area contributed by atoms with Crippen LogP contribution in [-0.4, -0.2) is 49.8 Å². The van der Waals surface area contributed by atoms with Crippen LogP contribution >= 0.6 is 0 Å². The van der Waals surface area contributed by atoms with Crippen LogP contribution in [0.4, 0.5) is 4.79 Å². The van der Waals surface area contributed by atoms with Gasteiger partial charge in [-0.1, -0.05) is 30.3 Å². The van der Waals surface area contributed by atoms with Gasteiger partial charge in [0, 0.05) is 19.6 Å². The van der Waals surface area contributed by atoms with Crippen molar-refractivity contribution in [1.29, 1.82) is 0 Å². The van der Waals surface area contributed by atoms with Gasteiger partial charge in [0.25, 0.3) is 0 Å². The molecule has 1 heterocycles. The minimum atomic E-state index is -0.604. The van der Waals surface area contributed by atoms with E-state index in [4.69, 9.17) is 14.2 Å². The van der Waals surface area contributed by atoms with Crippen LogP contribution in [-0.2, 0) is 22.5 Å². The van der Waals surface area contributed by atoms with E-state index in [1.54, 1.807) is 35.0 Å². The second-order valence-corrected chi connectivity index (χ2v) is 8.83. The number of alkyl carbamates (subject to hydrolysis) is 1. The van der Waals surface area contributed by atoms with Crippen molar-refractivity contribution in [3.05, 3.63) is 59.2 Å². The van der Waals surface area contributed by atoms with Gasteiger partial charge in [-0.25, -0.2) is 4.79 Å². The number of benzene rings is 2. The van der Waals surface area contributed by atoms with Gasteiger partial charge in [-0.3, -0.25) is 4.79 Å². The lowest BCUT2D eigenvalue weighted by atomic mass is 9.94. The fraction of sp³-hybridized carbons (Fsp3) is 0.440. The fourth-order valence-corrected chi connectivity index (χ4v) is 3.82. The molecule has 1 N–H and O–H groups in total. The number of methoxy groups -OCH3 is 2. The molecule has 0 unspecified atom stereocenters. The molecule has 32 heavy (non-hydrogen) atoms. The van der Waals surface area contributed by atoms with Crippen molar-refractivity contribution in [2.45, 2.75) is 45.3 Å². The van der Waals surface area contributed by atoms with Gasteiger partial charge in [0.1, 0.15) is 5.60 Å². The standard InChI is InChI=1S/C25H32N2O5/c1-25(2,3)32-24(29)26-15-20(17-9-7-6-8-10-17)23(28)27-12-11-18-13-21(30-4)22(31-5)14-19(18)16-27/h6-10,13-14,20H,11-12,15-16H2,1-5H3,(H,26,29)/t20-/m1/s1. The van der Waals surface area contributed by atoms with Crippen LogP contribution in [0.5, 0.6) is 11.5 Å². The van der Waals surface area contributed by atoms with E-state index in [1.165, 1.54) is 0 Å². The maximum absolute atomic E-state index is 13.6. The normalized spacial score (nSPS) is 14.2. The highest BCUT2D eigenvalue weighted by Gasteiger charge is 2.30. The van der Waals surface area contributed by atoms with Crippen molar-refractivity contribution in [1.82, 2.24) is 10.2 Å². The van der Waals surface area contributed by atoms with E-state index in [-0.39, 0.29) is 12.5 Å². The number of carbonyl (C=O) groups is 2. The highest BCUT2D eigenvalue weighted by molar-refractivity contribution is 5.85. The first kappa shape index (κ1) is 23.4. The molecular formula is C25H32N2O5. The molecule has 0 saturated carbocycles. The Morgan fingerprint density at radius 2 is 1.66 bits per heavy atom. The Bertz CT molecular complexity index is 953. The van der Waals surface area contributed by atoms with Crippen molar-refractivity contribution in [3.63, 3.8) is 0 Å². The summed E-state index contributed by atoms with van der Waals surface area (Å²) in [5, 5.41) is 2.77. The van der Waals surface area contributed by atoms with E-state index < -0.39 is 17.6 Å². The van der Waals surface area contributed by atoms with Gasteiger partial charge >= 0.3 is 6.09 Å². The zero-order valence-corrected chi connectivity index (χ0v) is 19.4. The van der Waals surface area contributed by atoms with Crippen molar-refractivity contribution in [3.8, 4) is 11.5 Å². The second-order valence-electron chi connectivity index (χ2n) is 8.83. The molecule has 0 saturated heterocycles. The number of nitrogens with zero attached hydrogens (tertiary/aromatic N) is 1. The van der Waals surface area contributed by atoms with Crippen LogP contribution in [0.3, 0.4) is 0 Å². The number of amides is 2. The van der Waals surface area contributed by atoms with E-state index in [0.29, 0.717) is 24.6 Å². The third kappa shape index (κ3) is 5.72. The minimum absolute atomic E-state index is 0.0345. The van der Waals surface area contributed by atoms with Gasteiger partial charge < -0.3 is 24.4 Å². The van der Waals surface area contributed by atoms with Crippen molar-refractivity contribution in [2.24, 2.45) is 0 Å². The van der Waals surface area contributed by atoms with Crippen LogP contribution in [0.1, 0.15) is 43.4 Å². The molecule has 0 spiro atoms. The van der Waals surface area contributed by atoms with Crippen LogP contribution in [0.25, 0.3) is 0 Å². The third-order valence-electron chi connectivity index (χ3n) is 5.38. The summed E-state index contributed by atoms with van der Waals surface area (Å²) in [6, 6.07) is 13.4. The summed E-state index contributed by atoms with van der Waals surface area (Å²) in [7, 11) is 3.22. The molecule has 2 aromatic carbocycles. The lowest BCUT2D eigenvalue weighted by molar-refractivity contribution is -0.133. The van der Waals surface area contributed by atoms with Gasteiger partial charge in [-0.05, 0) is 56.0 Å². The first-order valence-electron chi connectivity index (χ1n) is 10.8. The Hall–Kier alpha value is -3.22. The SMILES string of the molecule is COc1cc2c(cc1OC)CN(C(=O)[C@H](CNC(=O)OC(C)(C)C)c1ccccc1)CC2. The van der Waals surface area contributed by atoms with Crippen molar-refractivity contribution in [2.75, 3.05) is 27.3 Å². The molecule has 7 heteroatoms. The molecule has 0 aliphatic carbocycles. The van der Waals surface area contributed by atoms with Gasteiger partial charge in [0.2, 0.25) is 5.91 Å². The highest BCUT2D eigenvalue weighted by Crippen LogP contribution is 2.34. The number of ether oxygens (including phenoxy) is 3. The van der Waals surface area contributed by atoms with E-state index in [9.17, 15) is 9.59 Å². The Labute approximate surface area is 189 Å². The molecule has 3 rings (SSSR count).